The summed E-state index contributed by atoms with van der Waals surface area (Å²) in [5.74, 6) is 4.00. The second-order valence-electron chi connectivity index (χ2n) is 10.0. The number of hydrogen-bond acceptors (Lipinski definition) is 6. The van der Waals surface area contributed by atoms with Gasteiger partial charge < -0.3 is 28.4 Å². The van der Waals surface area contributed by atoms with Crippen LogP contribution in [0.4, 0.5) is 0 Å². The molecule has 0 fully saturated rings. The van der Waals surface area contributed by atoms with Crippen LogP contribution in [-0.4, -0.2) is 42.7 Å². The first-order valence-electron chi connectivity index (χ1n) is 13.3. The van der Waals surface area contributed by atoms with Crippen molar-refractivity contribution in [2.75, 3.05) is 42.7 Å². The van der Waals surface area contributed by atoms with Crippen molar-refractivity contribution in [2.24, 2.45) is 0 Å². The Morgan fingerprint density at radius 2 is 0.854 bits per heavy atom. The quantitative estimate of drug-likeness (QED) is 0.153. The van der Waals surface area contributed by atoms with Gasteiger partial charge >= 0.3 is 0 Å². The fourth-order valence-electron chi connectivity index (χ4n) is 5.84. The Bertz CT molecular complexity index is 1670. The number of aromatic nitrogens is 1. The molecule has 41 heavy (non-hydrogen) atoms. The minimum Gasteiger partial charge on any atom is -0.496 e. The van der Waals surface area contributed by atoms with Gasteiger partial charge in [-0.15, -0.1) is 0 Å². The molecular formula is C34H36NO6+. The van der Waals surface area contributed by atoms with Gasteiger partial charge in [0.15, 0.2) is 0 Å². The molecule has 0 N–H and O–H groups in total. The smallest absolute Gasteiger partial charge is 0.227 e. The van der Waals surface area contributed by atoms with Gasteiger partial charge in [0.1, 0.15) is 34.5 Å². The molecule has 0 aliphatic heterocycles. The molecule has 0 aliphatic carbocycles. The van der Waals surface area contributed by atoms with Crippen LogP contribution in [-0.2, 0) is 0 Å². The summed E-state index contributed by atoms with van der Waals surface area (Å²) in [6.07, 6.45) is 0. The van der Waals surface area contributed by atoms with E-state index >= 15 is 0 Å². The average molecular weight is 555 g/mol. The topological polar surface area (TPSA) is 59.3 Å². The highest BCUT2D eigenvalue weighted by atomic mass is 16.5. The fraction of sp³-hybridized carbons (Fsp3) is 0.265. The molecule has 7 heteroatoms. The molecule has 4 aromatic carbocycles. The van der Waals surface area contributed by atoms with Crippen LogP contribution in [0.5, 0.6) is 34.5 Å². The fourth-order valence-corrected chi connectivity index (χ4v) is 5.84. The zero-order valence-electron chi connectivity index (χ0n) is 25.1. The summed E-state index contributed by atoms with van der Waals surface area (Å²) in [4.78, 5) is 0. The Morgan fingerprint density at radius 1 is 0.439 bits per heavy atom. The monoisotopic (exact) mass is 554 g/mol. The van der Waals surface area contributed by atoms with Gasteiger partial charge in [0.05, 0.1) is 77.7 Å². The van der Waals surface area contributed by atoms with Gasteiger partial charge in [0.2, 0.25) is 16.7 Å². The van der Waals surface area contributed by atoms with E-state index in [1.165, 1.54) is 5.56 Å². The molecule has 0 saturated heterocycles. The standard InChI is InChI=1S/C34H36NO6/c1-19-10-20(2)31(21(3)11-19)34-32-27(15-25(38-6)17-29(32)40-8)35(22-12-23(36-4)14-24(13-22)37-5)28-16-26(39-7)18-30(41-9)33(28)34/h10-18H,1-9H3/q+1. The third-order valence-electron chi connectivity index (χ3n) is 7.52. The van der Waals surface area contributed by atoms with Crippen molar-refractivity contribution in [3.63, 3.8) is 0 Å². The summed E-state index contributed by atoms with van der Waals surface area (Å²) >= 11 is 0. The van der Waals surface area contributed by atoms with E-state index in [0.29, 0.717) is 34.5 Å². The molecule has 5 aromatic rings. The highest BCUT2D eigenvalue weighted by Gasteiger charge is 2.31. The maximum absolute atomic E-state index is 6.08. The molecule has 0 radical (unpaired) electrons. The van der Waals surface area contributed by atoms with Crippen molar-refractivity contribution < 1.29 is 33.0 Å². The Balaban J connectivity index is 2.16. The molecular weight excluding hydrogens is 518 g/mol. The van der Waals surface area contributed by atoms with Gasteiger partial charge in [0.25, 0.3) is 0 Å². The van der Waals surface area contributed by atoms with Crippen LogP contribution >= 0.6 is 0 Å². The van der Waals surface area contributed by atoms with E-state index in [2.05, 4.69) is 37.5 Å². The first-order chi connectivity index (χ1) is 19.8. The highest BCUT2D eigenvalue weighted by molar-refractivity contribution is 6.13. The Labute approximate surface area is 240 Å². The molecule has 0 aliphatic rings. The van der Waals surface area contributed by atoms with E-state index < -0.39 is 0 Å². The summed E-state index contributed by atoms with van der Waals surface area (Å²) in [7, 11) is 9.96. The molecule has 0 spiro atoms. The lowest BCUT2D eigenvalue weighted by atomic mass is 9.88. The van der Waals surface area contributed by atoms with Crippen LogP contribution in [0.25, 0.3) is 38.6 Å². The zero-order chi connectivity index (χ0) is 29.4. The van der Waals surface area contributed by atoms with Crippen molar-refractivity contribution in [2.45, 2.75) is 20.8 Å². The first kappa shape index (κ1) is 27.9. The number of hydrogen-bond donors (Lipinski definition) is 0. The molecule has 5 rings (SSSR count). The van der Waals surface area contributed by atoms with Crippen LogP contribution in [0, 0.1) is 20.8 Å². The molecule has 0 unspecified atom stereocenters. The SMILES string of the molecule is COc1cc(OC)cc(-[n+]2c3cc(OC)cc(OC)c3c(-c3c(C)cc(C)cc3C)c3c(OC)cc(OC)cc32)c1. The lowest BCUT2D eigenvalue weighted by Gasteiger charge is -2.20. The van der Waals surface area contributed by atoms with Gasteiger partial charge in [-0.1, -0.05) is 17.7 Å². The Kier molecular flexibility index (Phi) is 7.54. The van der Waals surface area contributed by atoms with Crippen molar-refractivity contribution in [1.29, 1.82) is 0 Å². The summed E-state index contributed by atoms with van der Waals surface area (Å²) in [5, 5.41) is 1.84. The maximum atomic E-state index is 6.08. The summed E-state index contributed by atoms with van der Waals surface area (Å²) in [6.45, 7) is 6.41. The van der Waals surface area contributed by atoms with Crippen LogP contribution in [0.3, 0.4) is 0 Å². The van der Waals surface area contributed by atoms with Gasteiger partial charge in [0, 0.05) is 23.8 Å². The predicted molar refractivity (Wildman–Crippen MR) is 162 cm³/mol. The summed E-state index contributed by atoms with van der Waals surface area (Å²) in [6, 6.07) is 18.1. The number of benzene rings is 4. The zero-order valence-corrected chi connectivity index (χ0v) is 25.1. The Hall–Kier alpha value is -4.65. The number of methoxy groups -OCH3 is 6. The molecule has 7 nitrogen and oxygen atoms in total. The number of fused-ring (bicyclic) bond motifs is 2. The van der Waals surface area contributed by atoms with Crippen molar-refractivity contribution in [3.8, 4) is 51.3 Å². The summed E-state index contributed by atoms with van der Waals surface area (Å²) < 4.78 is 37.2. The number of aryl methyl sites for hydroxylation is 3. The van der Waals surface area contributed by atoms with Crippen molar-refractivity contribution in [3.05, 3.63) is 71.3 Å². The normalized spacial score (nSPS) is 11.0. The van der Waals surface area contributed by atoms with Gasteiger partial charge in [-0.05, 0) is 37.5 Å². The second-order valence-corrected chi connectivity index (χ2v) is 10.0. The van der Waals surface area contributed by atoms with E-state index in [9.17, 15) is 0 Å². The predicted octanol–water partition coefficient (Wildman–Crippen LogP) is 6.91. The maximum Gasteiger partial charge on any atom is 0.227 e. The first-order valence-corrected chi connectivity index (χ1v) is 13.3. The van der Waals surface area contributed by atoms with E-state index in [-0.39, 0.29) is 0 Å². The lowest BCUT2D eigenvalue weighted by molar-refractivity contribution is -0.538. The largest absolute Gasteiger partial charge is 0.496 e. The van der Waals surface area contributed by atoms with E-state index in [1.54, 1.807) is 42.7 Å². The van der Waals surface area contributed by atoms with Crippen LogP contribution < -0.4 is 33.0 Å². The molecule has 212 valence electrons. The van der Waals surface area contributed by atoms with E-state index in [4.69, 9.17) is 28.4 Å². The molecule has 0 saturated carbocycles. The number of rotatable bonds is 8. The molecule has 0 atom stereocenters. The minimum absolute atomic E-state index is 0.659. The highest BCUT2D eigenvalue weighted by Crippen LogP contribution is 2.47. The molecule has 0 amide bonds. The lowest BCUT2D eigenvalue weighted by Crippen LogP contribution is -2.33. The van der Waals surface area contributed by atoms with Crippen LogP contribution in [0.2, 0.25) is 0 Å². The number of pyridine rings is 1. The van der Waals surface area contributed by atoms with E-state index in [1.807, 2.05) is 42.5 Å². The number of nitrogens with zero attached hydrogens (tertiary/aromatic N) is 1. The summed E-state index contributed by atoms with van der Waals surface area (Å²) in [5.41, 5.74) is 8.20. The molecule has 0 bridgehead atoms. The third kappa shape index (κ3) is 4.71. The van der Waals surface area contributed by atoms with Gasteiger partial charge in [-0.2, -0.15) is 4.57 Å². The van der Waals surface area contributed by atoms with Crippen LogP contribution in [0.1, 0.15) is 16.7 Å². The van der Waals surface area contributed by atoms with Crippen molar-refractivity contribution in [1.82, 2.24) is 0 Å². The van der Waals surface area contributed by atoms with Gasteiger partial charge in [-0.3, -0.25) is 0 Å². The van der Waals surface area contributed by atoms with Crippen molar-refractivity contribution >= 4 is 21.8 Å². The van der Waals surface area contributed by atoms with Gasteiger partial charge in [-0.25, -0.2) is 0 Å². The number of ether oxygens (including phenoxy) is 6. The van der Waals surface area contributed by atoms with E-state index in [0.717, 1.165) is 49.7 Å². The second kappa shape index (κ2) is 11.1. The van der Waals surface area contributed by atoms with Crippen LogP contribution in [0.15, 0.2) is 54.6 Å². The Morgan fingerprint density at radius 3 is 1.24 bits per heavy atom. The molecule has 1 aromatic heterocycles. The third-order valence-corrected chi connectivity index (χ3v) is 7.52. The minimum atomic E-state index is 0.659. The molecule has 1 heterocycles. The average Bonchev–Trinajstić information content (AvgIpc) is 2.98.